The first kappa shape index (κ1) is 37.8. The number of carbonyl (C=O) groups is 5. The van der Waals surface area contributed by atoms with E-state index in [9.17, 15) is 29.1 Å². The summed E-state index contributed by atoms with van der Waals surface area (Å²) in [5.74, 6) is -3.39. The van der Waals surface area contributed by atoms with Gasteiger partial charge in [-0.05, 0) is 25.7 Å². The number of hydrogen-bond acceptors (Lipinski definition) is 5. The zero-order valence-electron chi connectivity index (χ0n) is 25.4. The molecule has 0 unspecified atom stereocenters. The summed E-state index contributed by atoms with van der Waals surface area (Å²) in [6, 6.07) is 0. The Bertz CT molecular complexity index is 734. The molecule has 0 aromatic heterocycles. The highest BCUT2D eigenvalue weighted by Crippen LogP contribution is 2.17. The van der Waals surface area contributed by atoms with Gasteiger partial charge in [-0.1, -0.05) is 97.3 Å². The number of aliphatic carboxylic acids is 2. The van der Waals surface area contributed by atoms with Gasteiger partial charge in [0.1, 0.15) is 11.6 Å². The van der Waals surface area contributed by atoms with Crippen molar-refractivity contribution in [3.05, 3.63) is 0 Å². The van der Waals surface area contributed by atoms with E-state index in [1.54, 1.807) is 6.92 Å². The van der Waals surface area contributed by atoms with E-state index in [-0.39, 0.29) is 58.3 Å². The lowest BCUT2D eigenvalue weighted by molar-refractivity contribution is -0.144. The van der Waals surface area contributed by atoms with E-state index in [2.05, 4.69) is 12.2 Å². The molecule has 0 aliphatic heterocycles. The van der Waals surface area contributed by atoms with E-state index in [4.69, 9.17) is 5.11 Å². The lowest BCUT2D eigenvalue weighted by Gasteiger charge is -2.12. The topological polar surface area (TPSA) is 138 Å². The third-order valence-corrected chi connectivity index (χ3v) is 7.62. The fraction of sp³-hybridized carbons (Fsp3) is 0.844. The average molecular weight is 572 g/mol. The van der Waals surface area contributed by atoms with E-state index < -0.39 is 17.9 Å². The smallest absolute Gasteiger partial charge is 0.306 e. The van der Waals surface area contributed by atoms with E-state index in [0.717, 1.165) is 25.7 Å². The third-order valence-electron chi connectivity index (χ3n) is 7.62. The first-order valence-electron chi connectivity index (χ1n) is 15.9. The standard InChI is InChI=1S/C32H57NO7.2H2/c1-3-4-5-6-7-8-9-10-11-12-13-14-15-19-28(34)25-27(32(39)40)20-22-30(36)33-24-17-16-18-26(2)29(35)21-23-31(37)38;;/h26-27H,3-25H2,1-2H3,(H,33,36)(H,37,38)(H,39,40);2*1H/t26-,27+;;/m0../s1. The van der Waals surface area contributed by atoms with Crippen LogP contribution in [0.2, 0.25) is 0 Å². The van der Waals surface area contributed by atoms with Crippen LogP contribution in [0.25, 0.3) is 0 Å². The van der Waals surface area contributed by atoms with Crippen molar-refractivity contribution in [1.82, 2.24) is 5.32 Å². The van der Waals surface area contributed by atoms with Crippen LogP contribution < -0.4 is 5.32 Å². The number of hydrogen-bond donors (Lipinski definition) is 3. The fourth-order valence-corrected chi connectivity index (χ4v) is 4.86. The number of unbranched alkanes of at least 4 members (excludes halogenated alkanes) is 13. The molecule has 1 amide bonds. The second-order valence-corrected chi connectivity index (χ2v) is 11.4. The summed E-state index contributed by atoms with van der Waals surface area (Å²) in [5.41, 5.74) is 0. The minimum absolute atomic E-state index is 0. The second kappa shape index (κ2) is 25.7. The van der Waals surface area contributed by atoms with E-state index >= 15 is 0 Å². The molecule has 0 radical (unpaired) electrons. The Labute approximate surface area is 245 Å². The van der Waals surface area contributed by atoms with Gasteiger partial charge < -0.3 is 15.5 Å². The lowest BCUT2D eigenvalue weighted by Crippen LogP contribution is -2.26. The van der Waals surface area contributed by atoms with Gasteiger partial charge in [0.25, 0.3) is 0 Å². The summed E-state index contributed by atoms with van der Waals surface area (Å²) in [5, 5.41) is 20.9. The van der Waals surface area contributed by atoms with Crippen molar-refractivity contribution in [2.24, 2.45) is 11.8 Å². The van der Waals surface area contributed by atoms with Crippen LogP contribution in [0.3, 0.4) is 0 Å². The number of carboxylic acids is 2. The number of carbonyl (C=O) groups excluding carboxylic acids is 3. The van der Waals surface area contributed by atoms with Gasteiger partial charge in [0.15, 0.2) is 0 Å². The lowest BCUT2D eigenvalue weighted by atomic mass is 9.94. The molecule has 0 aliphatic carbocycles. The second-order valence-electron chi connectivity index (χ2n) is 11.4. The van der Waals surface area contributed by atoms with E-state index in [0.29, 0.717) is 25.8 Å². The summed E-state index contributed by atoms with van der Waals surface area (Å²) >= 11 is 0. The van der Waals surface area contributed by atoms with Crippen molar-refractivity contribution in [3.8, 4) is 0 Å². The summed E-state index contributed by atoms with van der Waals surface area (Å²) in [4.78, 5) is 58.4. The quantitative estimate of drug-likeness (QED) is 0.0780. The molecule has 8 nitrogen and oxygen atoms in total. The Hall–Kier alpha value is -2.25. The number of nitrogens with one attached hydrogen (secondary N) is 1. The zero-order chi connectivity index (χ0) is 30.0. The molecular formula is C32H61NO7. The molecule has 0 aromatic carbocycles. The first-order chi connectivity index (χ1) is 19.2. The Morgan fingerprint density at radius 1 is 0.650 bits per heavy atom. The molecule has 0 rings (SSSR count). The first-order valence-corrected chi connectivity index (χ1v) is 15.9. The maximum absolute atomic E-state index is 12.3. The van der Waals surface area contributed by atoms with Gasteiger partial charge in [0.05, 0.1) is 12.3 Å². The molecule has 0 aromatic rings. The summed E-state index contributed by atoms with van der Waals surface area (Å²) in [7, 11) is 0. The van der Waals surface area contributed by atoms with Crippen LogP contribution >= 0.6 is 0 Å². The number of ketones is 2. The number of rotatable bonds is 29. The maximum Gasteiger partial charge on any atom is 0.306 e. The molecule has 40 heavy (non-hydrogen) atoms. The Kier molecular flexibility index (Phi) is 24.3. The molecule has 0 heterocycles. The summed E-state index contributed by atoms with van der Waals surface area (Å²) < 4.78 is 0. The number of carboxylic acid groups (broad SMARTS) is 2. The van der Waals surface area contributed by atoms with Crippen LogP contribution in [0.15, 0.2) is 0 Å². The van der Waals surface area contributed by atoms with Crippen molar-refractivity contribution in [3.63, 3.8) is 0 Å². The van der Waals surface area contributed by atoms with Crippen molar-refractivity contribution < 1.29 is 37.0 Å². The zero-order valence-corrected chi connectivity index (χ0v) is 25.4. The molecule has 0 spiro atoms. The SMILES string of the molecule is CCCCCCCCCCCCCCCC(=O)C[C@@H](CCC(=O)NCCCC[C@H](C)C(=O)CCC(=O)O)C(=O)O.[HH].[HH]. The molecule has 0 fully saturated rings. The van der Waals surface area contributed by atoms with Crippen molar-refractivity contribution in [1.29, 1.82) is 0 Å². The number of Topliss-reactive ketones (excluding diaryl/α,β-unsaturated/α-hetero) is 2. The molecular weight excluding hydrogens is 510 g/mol. The monoisotopic (exact) mass is 571 g/mol. The molecule has 0 saturated carbocycles. The van der Waals surface area contributed by atoms with Crippen LogP contribution in [0, 0.1) is 11.8 Å². The van der Waals surface area contributed by atoms with Crippen LogP contribution in [-0.2, 0) is 24.0 Å². The largest absolute Gasteiger partial charge is 0.481 e. The fourth-order valence-electron chi connectivity index (χ4n) is 4.86. The van der Waals surface area contributed by atoms with E-state index in [1.807, 2.05) is 0 Å². The van der Waals surface area contributed by atoms with Gasteiger partial charge in [-0.3, -0.25) is 24.0 Å². The minimum Gasteiger partial charge on any atom is -0.481 e. The highest BCUT2D eigenvalue weighted by atomic mass is 16.4. The van der Waals surface area contributed by atoms with Crippen molar-refractivity contribution in [2.45, 2.75) is 155 Å². The summed E-state index contributed by atoms with van der Waals surface area (Å²) in [6.07, 6.45) is 18.6. The minimum atomic E-state index is -1.03. The van der Waals surface area contributed by atoms with Crippen LogP contribution in [0.4, 0.5) is 0 Å². The maximum atomic E-state index is 12.3. The van der Waals surface area contributed by atoms with Crippen LogP contribution in [0.5, 0.6) is 0 Å². The molecule has 0 bridgehead atoms. The molecule has 3 N–H and O–H groups in total. The Morgan fingerprint density at radius 3 is 1.73 bits per heavy atom. The third kappa shape index (κ3) is 23.6. The Morgan fingerprint density at radius 2 is 1.20 bits per heavy atom. The average Bonchev–Trinajstić information content (AvgIpc) is 2.91. The molecule has 0 saturated heterocycles. The summed E-state index contributed by atoms with van der Waals surface area (Å²) in [6.45, 7) is 4.46. The van der Waals surface area contributed by atoms with Crippen molar-refractivity contribution >= 4 is 29.4 Å². The van der Waals surface area contributed by atoms with Crippen LogP contribution in [0.1, 0.15) is 158 Å². The van der Waals surface area contributed by atoms with Crippen LogP contribution in [-0.4, -0.2) is 46.2 Å². The highest BCUT2D eigenvalue weighted by Gasteiger charge is 2.22. The highest BCUT2D eigenvalue weighted by molar-refractivity contribution is 5.85. The van der Waals surface area contributed by atoms with Gasteiger partial charge >= 0.3 is 11.9 Å². The Balaban J connectivity index is -0.00000760. The van der Waals surface area contributed by atoms with Gasteiger partial charge in [-0.15, -0.1) is 0 Å². The van der Waals surface area contributed by atoms with Crippen molar-refractivity contribution in [2.75, 3.05) is 6.54 Å². The molecule has 0 aliphatic rings. The number of amides is 1. The van der Waals surface area contributed by atoms with Gasteiger partial charge in [0, 0.05) is 41.0 Å². The molecule has 2 atom stereocenters. The predicted molar refractivity (Wildman–Crippen MR) is 162 cm³/mol. The molecule has 236 valence electrons. The van der Waals surface area contributed by atoms with Gasteiger partial charge in [0.2, 0.25) is 5.91 Å². The predicted octanol–water partition coefficient (Wildman–Crippen LogP) is 7.76. The van der Waals surface area contributed by atoms with Gasteiger partial charge in [-0.25, -0.2) is 0 Å². The normalized spacial score (nSPS) is 12.6. The van der Waals surface area contributed by atoms with Gasteiger partial charge in [-0.2, -0.15) is 0 Å². The van der Waals surface area contributed by atoms with E-state index in [1.165, 1.54) is 64.2 Å². The molecule has 8 heteroatoms.